The van der Waals surface area contributed by atoms with E-state index in [1.165, 1.54) is 5.56 Å². The smallest absolute Gasteiger partial charge is 0.230 e. The largest absolute Gasteiger partial charge is 0.368 e. The molecule has 0 aliphatic carbocycles. The normalized spacial score (nSPS) is 18.0. The molecule has 2 aliphatic rings. The predicted molar refractivity (Wildman–Crippen MR) is 105 cm³/mol. The van der Waals surface area contributed by atoms with Crippen LogP contribution in [-0.2, 0) is 34.4 Å². The fourth-order valence-electron chi connectivity index (χ4n) is 4.36. The summed E-state index contributed by atoms with van der Waals surface area (Å²) in [4.78, 5) is 19.2. The van der Waals surface area contributed by atoms with E-state index >= 15 is 0 Å². The zero-order chi connectivity index (χ0) is 19.7. The minimum Gasteiger partial charge on any atom is -0.368 e. The van der Waals surface area contributed by atoms with Crippen molar-refractivity contribution in [2.24, 2.45) is 0 Å². The van der Waals surface area contributed by atoms with Crippen LogP contribution in [0.2, 0.25) is 0 Å². The second-order valence-electron chi connectivity index (χ2n) is 7.78. The number of rotatable bonds is 4. The summed E-state index contributed by atoms with van der Waals surface area (Å²) in [6.45, 7) is 2.04. The van der Waals surface area contributed by atoms with Crippen molar-refractivity contribution in [1.29, 1.82) is 0 Å². The Bertz CT molecular complexity index is 988. The Hall–Kier alpha value is -3.00. The number of carbonyl (C=O) groups is 1. The topological polar surface area (TPSA) is 99.8 Å². The highest BCUT2D eigenvalue weighted by Crippen LogP contribution is 2.40. The first kappa shape index (κ1) is 18.1. The molecule has 1 saturated heterocycles. The van der Waals surface area contributed by atoms with Gasteiger partial charge >= 0.3 is 0 Å². The molecule has 0 atom stereocenters. The van der Waals surface area contributed by atoms with Gasteiger partial charge in [0.15, 0.2) is 5.82 Å². The van der Waals surface area contributed by atoms with Crippen molar-refractivity contribution in [2.75, 3.05) is 19.7 Å². The molecule has 1 aromatic carbocycles. The second-order valence-corrected chi connectivity index (χ2v) is 7.78. The summed E-state index contributed by atoms with van der Waals surface area (Å²) in [7, 11) is 0. The van der Waals surface area contributed by atoms with Crippen molar-refractivity contribution in [3.05, 3.63) is 65.0 Å². The average Bonchev–Trinajstić information content (AvgIpc) is 3.40. The van der Waals surface area contributed by atoms with Crippen LogP contribution in [0.5, 0.6) is 0 Å². The number of H-pyrrole nitrogens is 2. The Balaban J connectivity index is 1.19. The number of benzene rings is 1. The first-order valence-corrected chi connectivity index (χ1v) is 10.1. The highest BCUT2D eigenvalue weighted by Gasteiger charge is 2.43. The summed E-state index contributed by atoms with van der Waals surface area (Å²) in [6.07, 6.45) is 5.24. The van der Waals surface area contributed by atoms with Crippen molar-refractivity contribution in [2.45, 2.75) is 37.7 Å². The highest BCUT2D eigenvalue weighted by atomic mass is 16.5. The molecule has 0 unspecified atom stereocenters. The van der Waals surface area contributed by atoms with Crippen LogP contribution in [0.1, 0.15) is 41.3 Å². The fraction of sp³-hybridized carbons (Fsp3) is 0.429. The first-order chi connectivity index (χ1) is 14.2. The van der Waals surface area contributed by atoms with Crippen LogP contribution in [0.15, 0.2) is 36.5 Å². The highest BCUT2D eigenvalue weighted by molar-refractivity contribution is 5.78. The Kier molecular flexibility index (Phi) is 4.63. The van der Waals surface area contributed by atoms with Gasteiger partial charge in [-0.05, 0) is 30.4 Å². The Morgan fingerprint density at radius 1 is 1.17 bits per heavy atom. The standard InChI is InChI=1S/C21H24N6O2/c28-19(13-18-23-17(24-25-18)12-15-4-2-1-3-5-15)27-9-7-21(8-10-27)20-16(6-11-29-21)14-22-26-20/h1-5,14H,6-13H2,(H,22,26)(H,23,24,25). The molecule has 0 radical (unpaired) electrons. The maximum Gasteiger partial charge on any atom is 0.230 e. The van der Waals surface area contributed by atoms with Gasteiger partial charge in [0.1, 0.15) is 11.4 Å². The zero-order valence-corrected chi connectivity index (χ0v) is 16.2. The maximum atomic E-state index is 12.8. The van der Waals surface area contributed by atoms with Crippen molar-refractivity contribution in [3.63, 3.8) is 0 Å². The van der Waals surface area contributed by atoms with Crippen molar-refractivity contribution >= 4 is 5.91 Å². The number of hydrogen-bond donors (Lipinski definition) is 2. The molecule has 150 valence electrons. The summed E-state index contributed by atoms with van der Waals surface area (Å²) in [5, 5.41) is 14.5. The third kappa shape index (κ3) is 3.55. The molecule has 29 heavy (non-hydrogen) atoms. The number of ether oxygens (including phenoxy) is 1. The molecule has 2 aromatic heterocycles. The molecular formula is C21H24N6O2. The molecule has 0 saturated carbocycles. The van der Waals surface area contributed by atoms with Gasteiger partial charge in [0.25, 0.3) is 0 Å². The fourth-order valence-corrected chi connectivity index (χ4v) is 4.36. The number of aromatic amines is 2. The van der Waals surface area contributed by atoms with Crippen LogP contribution in [0.3, 0.4) is 0 Å². The van der Waals surface area contributed by atoms with E-state index in [1.807, 2.05) is 29.3 Å². The van der Waals surface area contributed by atoms with E-state index in [1.54, 1.807) is 0 Å². The van der Waals surface area contributed by atoms with E-state index in [9.17, 15) is 4.79 Å². The molecular weight excluding hydrogens is 368 g/mol. The van der Waals surface area contributed by atoms with E-state index in [2.05, 4.69) is 37.5 Å². The van der Waals surface area contributed by atoms with Crippen LogP contribution in [0.25, 0.3) is 0 Å². The molecule has 5 rings (SSSR count). The number of amides is 1. The quantitative estimate of drug-likeness (QED) is 0.705. The van der Waals surface area contributed by atoms with Crippen LogP contribution >= 0.6 is 0 Å². The maximum absolute atomic E-state index is 12.8. The molecule has 0 bridgehead atoms. The monoisotopic (exact) mass is 392 g/mol. The van der Waals surface area contributed by atoms with Gasteiger partial charge in [-0.25, -0.2) is 4.98 Å². The number of likely N-dealkylation sites (tertiary alicyclic amines) is 1. The summed E-state index contributed by atoms with van der Waals surface area (Å²) < 4.78 is 6.16. The SMILES string of the molecule is O=C(Cc1n[nH]c(Cc2ccccc2)n1)N1CCC2(CC1)OCCc1cn[nH]c12. The lowest BCUT2D eigenvalue weighted by Gasteiger charge is -2.43. The van der Waals surface area contributed by atoms with E-state index in [4.69, 9.17) is 4.74 Å². The van der Waals surface area contributed by atoms with E-state index < -0.39 is 0 Å². The van der Waals surface area contributed by atoms with Gasteiger partial charge in [0.05, 0.1) is 24.9 Å². The lowest BCUT2D eigenvalue weighted by atomic mass is 9.83. The molecule has 3 aromatic rings. The van der Waals surface area contributed by atoms with Crippen LogP contribution < -0.4 is 0 Å². The number of carbonyl (C=O) groups excluding carboxylic acids is 1. The van der Waals surface area contributed by atoms with Gasteiger partial charge in [0.2, 0.25) is 5.91 Å². The van der Waals surface area contributed by atoms with Gasteiger partial charge in [0, 0.05) is 19.5 Å². The number of hydrogen-bond acceptors (Lipinski definition) is 5. The van der Waals surface area contributed by atoms with Gasteiger partial charge < -0.3 is 9.64 Å². The first-order valence-electron chi connectivity index (χ1n) is 10.1. The van der Waals surface area contributed by atoms with Crippen molar-refractivity contribution < 1.29 is 9.53 Å². The number of nitrogens with zero attached hydrogens (tertiary/aromatic N) is 4. The average molecular weight is 392 g/mol. The zero-order valence-electron chi connectivity index (χ0n) is 16.2. The Morgan fingerprint density at radius 3 is 2.83 bits per heavy atom. The number of piperidine rings is 1. The number of nitrogens with one attached hydrogen (secondary N) is 2. The molecule has 2 N–H and O–H groups in total. The lowest BCUT2D eigenvalue weighted by Crippen LogP contribution is -2.48. The summed E-state index contributed by atoms with van der Waals surface area (Å²) in [6, 6.07) is 10.1. The predicted octanol–water partition coefficient (Wildman–Crippen LogP) is 1.75. The lowest BCUT2D eigenvalue weighted by molar-refractivity contribution is -0.140. The van der Waals surface area contributed by atoms with Gasteiger partial charge in [-0.3, -0.25) is 15.0 Å². The second kappa shape index (κ2) is 7.44. The van der Waals surface area contributed by atoms with Crippen molar-refractivity contribution in [1.82, 2.24) is 30.3 Å². The minimum atomic E-state index is -0.325. The Labute approximate surface area is 168 Å². The molecule has 2 aliphatic heterocycles. The molecule has 1 spiro atoms. The molecule has 8 nitrogen and oxygen atoms in total. The summed E-state index contributed by atoms with van der Waals surface area (Å²) >= 11 is 0. The van der Waals surface area contributed by atoms with E-state index in [0.717, 1.165) is 36.3 Å². The van der Waals surface area contributed by atoms with Crippen LogP contribution in [-0.4, -0.2) is 55.9 Å². The van der Waals surface area contributed by atoms with E-state index in [0.29, 0.717) is 31.9 Å². The van der Waals surface area contributed by atoms with Crippen LogP contribution in [0.4, 0.5) is 0 Å². The third-order valence-corrected chi connectivity index (χ3v) is 5.95. The summed E-state index contributed by atoms with van der Waals surface area (Å²) in [5.41, 5.74) is 3.17. The van der Waals surface area contributed by atoms with Gasteiger partial charge in [-0.1, -0.05) is 30.3 Å². The van der Waals surface area contributed by atoms with E-state index in [-0.39, 0.29) is 17.9 Å². The Morgan fingerprint density at radius 2 is 2.00 bits per heavy atom. The van der Waals surface area contributed by atoms with Gasteiger partial charge in [-0.15, -0.1) is 0 Å². The number of fused-ring (bicyclic) bond motifs is 2. The minimum absolute atomic E-state index is 0.0609. The number of aromatic nitrogens is 5. The summed E-state index contributed by atoms with van der Waals surface area (Å²) in [5.74, 6) is 1.38. The third-order valence-electron chi connectivity index (χ3n) is 5.95. The molecule has 4 heterocycles. The van der Waals surface area contributed by atoms with Crippen molar-refractivity contribution in [3.8, 4) is 0 Å². The van der Waals surface area contributed by atoms with Crippen LogP contribution in [0, 0.1) is 0 Å². The molecule has 1 fully saturated rings. The molecule has 1 amide bonds. The van der Waals surface area contributed by atoms with Gasteiger partial charge in [-0.2, -0.15) is 10.2 Å². The molecule has 8 heteroatoms.